The molecule has 0 aliphatic heterocycles. The first-order valence-electron chi connectivity index (χ1n) is 5.87. The van der Waals surface area contributed by atoms with Crippen molar-refractivity contribution >= 4 is 11.6 Å². The molecule has 0 saturated heterocycles. The number of methoxy groups -OCH3 is 1. The number of aromatic nitrogens is 1. The van der Waals surface area contributed by atoms with Gasteiger partial charge in [0.15, 0.2) is 11.6 Å². The third-order valence-electron chi connectivity index (χ3n) is 3.36. The van der Waals surface area contributed by atoms with Gasteiger partial charge in [-0.1, -0.05) is 24.3 Å². The Kier molecular flexibility index (Phi) is 2.45. The predicted molar refractivity (Wildman–Crippen MR) is 68.8 cm³/mol. The van der Waals surface area contributed by atoms with Crippen LogP contribution in [0.15, 0.2) is 30.5 Å². The molecule has 0 bridgehead atoms. The van der Waals surface area contributed by atoms with Gasteiger partial charge >= 0.3 is 0 Å². The van der Waals surface area contributed by atoms with Crippen LogP contribution in [0.1, 0.15) is 37.4 Å². The largest absolute Gasteiger partial charge is 0.481 e. The van der Waals surface area contributed by atoms with Crippen LogP contribution >= 0.6 is 0 Å². The number of carbonyl (C=O) groups excluding carboxylic acids is 2. The number of fused-ring (bicyclic) bond motifs is 2. The fraction of sp³-hybridized carbons (Fsp3) is 0.133. The lowest BCUT2D eigenvalue weighted by atomic mass is 9.83. The first-order chi connectivity index (χ1) is 9.15. The smallest absolute Gasteiger partial charge is 0.216 e. The summed E-state index contributed by atoms with van der Waals surface area (Å²) in [7, 11) is 1.49. The minimum absolute atomic E-state index is 0.150. The summed E-state index contributed by atoms with van der Waals surface area (Å²) in [4.78, 5) is 29.0. The quantitative estimate of drug-likeness (QED) is 0.667. The molecule has 0 fully saturated rings. The fourth-order valence-electron chi connectivity index (χ4n) is 2.42. The monoisotopic (exact) mass is 253 g/mol. The van der Waals surface area contributed by atoms with E-state index in [0.717, 1.165) is 0 Å². The summed E-state index contributed by atoms with van der Waals surface area (Å²) < 4.78 is 5.11. The van der Waals surface area contributed by atoms with Gasteiger partial charge < -0.3 is 4.74 Å². The van der Waals surface area contributed by atoms with E-state index in [1.165, 1.54) is 13.3 Å². The molecule has 1 aromatic heterocycles. The molecule has 2 aromatic rings. The predicted octanol–water partition coefficient (Wildman–Crippen LogP) is 2.17. The van der Waals surface area contributed by atoms with Crippen molar-refractivity contribution in [1.29, 1.82) is 0 Å². The first kappa shape index (κ1) is 11.6. The second-order valence-corrected chi connectivity index (χ2v) is 4.38. The molecule has 1 aliphatic carbocycles. The molecule has 1 heterocycles. The standard InChI is InChI=1S/C15H11NO3/c1-8-12-11(7-16-15(8)19-2)13(17)9-5-3-4-6-10(9)14(12)18/h3-7H,1-2H3. The Morgan fingerprint density at radius 3 is 2.26 bits per heavy atom. The minimum atomic E-state index is -0.163. The molecule has 0 N–H and O–H groups in total. The van der Waals surface area contributed by atoms with Crippen LogP contribution in [0.3, 0.4) is 0 Å². The molecule has 0 amide bonds. The molecule has 4 heteroatoms. The number of ether oxygens (including phenoxy) is 1. The van der Waals surface area contributed by atoms with Crippen molar-refractivity contribution in [2.75, 3.05) is 7.11 Å². The molecule has 0 radical (unpaired) electrons. The van der Waals surface area contributed by atoms with Crippen molar-refractivity contribution in [3.63, 3.8) is 0 Å². The molecule has 1 aromatic carbocycles. The van der Waals surface area contributed by atoms with Gasteiger partial charge in [-0.25, -0.2) is 4.98 Å². The molecule has 1 aliphatic rings. The number of nitrogens with zero attached hydrogens (tertiary/aromatic N) is 1. The SMILES string of the molecule is COc1ncc2c(c1C)C(=O)c1ccccc1C2=O. The van der Waals surface area contributed by atoms with Crippen molar-refractivity contribution in [1.82, 2.24) is 4.98 Å². The van der Waals surface area contributed by atoms with Crippen LogP contribution in [-0.4, -0.2) is 23.7 Å². The van der Waals surface area contributed by atoms with Crippen molar-refractivity contribution in [2.45, 2.75) is 6.92 Å². The molecule has 19 heavy (non-hydrogen) atoms. The van der Waals surface area contributed by atoms with Crippen molar-refractivity contribution in [2.24, 2.45) is 0 Å². The van der Waals surface area contributed by atoms with Crippen LogP contribution in [0.2, 0.25) is 0 Å². The maximum atomic E-state index is 12.5. The van der Waals surface area contributed by atoms with E-state index in [-0.39, 0.29) is 11.6 Å². The second-order valence-electron chi connectivity index (χ2n) is 4.38. The Morgan fingerprint density at radius 2 is 1.63 bits per heavy atom. The highest BCUT2D eigenvalue weighted by atomic mass is 16.5. The third-order valence-corrected chi connectivity index (χ3v) is 3.36. The molecule has 0 saturated carbocycles. The number of carbonyl (C=O) groups is 2. The maximum absolute atomic E-state index is 12.5. The Hall–Kier alpha value is -2.49. The van der Waals surface area contributed by atoms with Crippen LogP contribution in [-0.2, 0) is 0 Å². The van der Waals surface area contributed by atoms with Crippen LogP contribution in [0.4, 0.5) is 0 Å². The van der Waals surface area contributed by atoms with Crippen molar-refractivity contribution < 1.29 is 14.3 Å². The maximum Gasteiger partial charge on any atom is 0.216 e. The molecular weight excluding hydrogens is 242 g/mol. The normalized spacial score (nSPS) is 12.9. The lowest BCUT2D eigenvalue weighted by Crippen LogP contribution is -2.22. The average molecular weight is 253 g/mol. The topological polar surface area (TPSA) is 56.3 Å². The van der Waals surface area contributed by atoms with E-state index in [1.807, 2.05) is 0 Å². The summed E-state index contributed by atoms with van der Waals surface area (Å²) in [6.07, 6.45) is 1.41. The number of benzene rings is 1. The number of ketones is 2. The zero-order valence-corrected chi connectivity index (χ0v) is 10.6. The molecule has 94 valence electrons. The van der Waals surface area contributed by atoms with Gasteiger partial charge in [0.1, 0.15) is 0 Å². The zero-order chi connectivity index (χ0) is 13.6. The van der Waals surface area contributed by atoms with Crippen molar-refractivity contribution in [3.8, 4) is 5.88 Å². The average Bonchev–Trinajstić information content (AvgIpc) is 2.44. The molecule has 3 rings (SSSR count). The summed E-state index contributed by atoms with van der Waals surface area (Å²) in [6, 6.07) is 6.84. The first-order valence-corrected chi connectivity index (χ1v) is 5.87. The Labute approximate surface area is 110 Å². The fourth-order valence-corrected chi connectivity index (χ4v) is 2.42. The summed E-state index contributed by atoms with van der Waals surface area (Å²) in [5.41, 5.74) is 2.23. The summed E-state index contributed by atoms with van der Waals surface area (Å²) in [6.45, 7) is 1.74. The van der Waals surface area contributed by atoms with E-state index in [1.54, 1.807) is 31.2 Å². The number of pyridine rings is 1. The van der Waals surface area contributed by atoms with E-state index >= 15 is 0 Å². The summed E-state index contributed by atoms with van der Waals surface area (Å²) in [5, 5.41) is 0. The highest BCUT2D eigenvalue weighted by Crippen LogP contribution is 2.31. The molecule has 4 nitrogen and oxygen atoms in total. The molecular formula is C15H11NO3. The lowest BCUT2D eigenvalue weighted by molar-refractivity contribution is 0.0977. The zero-order valence-electron chi connectivity index (χ0n) is 10.6. The van der Waals surface area contributed by atoms with Gasteiger partial charge in [0, 0.05) is 28.5 Å². The molecule has 0 atom stereocenters. The van der Waals surface area contributed by atoms with Gasteiger partial charge in [0.2, 0.25) is 5.88 Å². The van der Waals surface area contributed by atoms with Crippen LogP contribution < -0.4 is 4.74 Å². The summed E-state index contributed by atoms with van der Waals surface area (Å²) in [5.74, 6) is 0.0612. The Morgan fingerprint density at radius 1 is 1.00 bits per heavy atom. The van der Waals surface area contributed by atoms with E-state index in [0.29, 0.717) is 33.7 Å². The highest BCUT2D eigenvalue weighted by Gasteiger charge is 2.32. The summed E-state index contributed by atoms with van der Waals surface area (Å²) >= 11 is 0. The number of rotatable bonds is 1. The Bertz CT molecular complexity index is 719. The minimum Gasteiger partial charge on any atom is -0.481 e. The van der Waals surface area contributed by atoms with Crippen LogP contribution in [0.5, 0.6) is 5.88 Å². The number of hydrogen-bond donors (Lipinski definition) is 0. The van der Waals surface area contributed by atoms with E-state index in [2.05, 4.69) is 4.98 Å². The van der Waals surface area contributed by atoms with Crippen LogP contribution in [0, 0.1) is 6.92 Å². The Balaban J connectivity index is 2.33. The van der Waals surface area contributed by atoms with Gasteiger partial charge in [-0.05, 0) is 6.92 Å². The van der Waals surface area contributed by atoms with Gasteiger partial charge in [0.25, 0.3) is 0 Å². The molecule has 0 spiro atoms. The highest BCUT2D eigenvalue weighted by molar-refractivity contribution is 6.28. The van der Waals surface area contributed by atoms with Crippen molar-refractivity contribution in [3.05, 3.63) is 58.3 Å². The number of hydrogen-bond acceptors (Lipinski definition) is 4. The van der Waals surface area contributed by atoms with E-state index < -0.39 is 0 Å². The van der Waals surface area contributed by atoms with Crippen LogP contribution in [0.25, 0.3) is 0 Å². The third kappa shape index (κ3) is 1.50. The molecule has 0 unspecified atom stereocenters. The lowest BCUT2D eigenvalue weighted by Gasteiger charge is -2.19. The van der Waals surface area contributed by atoms with E-state index in [9.17, 15) is 9.59 Å². The van der Waals surface area contributed by atoms with Gasteiger partial charge in [-0.3, -0.25) is 9.59 Å². The van der Waals surface area contributed by atoms with Gasteiger partial charge in [-0.15, -0.1) is 0 Å². The van der Waals surface area contributed by atoms with E-state index in [4.69, 9.17) is 4.74 Å². The second kappa shape index (κ2) is 4.02. The van der Waals surface area contributed by atoms with Gasteiger partial charge in [-0.2, -0.15) is 0 Å². The van der Waals surface area contributed by atoms with Gasteiger partial charge in [0.05, 0.1) is 12.7 Å².